The van der Waals surface area contributed by atoms with Crippen molar-refractivity contribution < 1.29 is 8.42 Å². The Morgan fingerprint density at radius 2 is 1.93 bits per heavy atom. The lowest BCUT2D eigenvalue weighted by Crippen LogP contribution is -2.27. The van der Waals surface area contributed by atoms with E-state index in [9.17, 15) is 8.42 Å². The third-order valence-electron chi connectivity index (χ3n) is 1.87. The first kappa shape index (κ1) is 11.5. The number of nitriles is 1. The molecule has 1 aromatic carbocycles. The molecule has 0 radical (unpaired) electrons. The molecule has 4 nitrogen and oxygen atoms in total. The molecule has 5 heteroatoms. The van der Waals surface area contributed by atoms with Gasteiger partial charge in [-0.3, -0.25) is 0 Å². The van der Waals surface area contributed by atoms with Gasteiger partial charge in [0, 0.05) is 6.54 Å². The largest absolute Gasteiger partial charge is 0.272 e. The fraction of sp³-hybridized carbons (Fsp3) is 0.300. The van der Waals surface area contributed by atoms with Gasteiger partial charge in [0.15, 0.2) is 6.19 Å². The molecule has 0 heterocycles. The van der Waals surface area contributed by atoms with Crippen molar-refractivity contribution in [1.82, 2.24) is 4.31 Å². The molecular formula is C10H12N2O2S. The summed E-state index contributed by atoms with van der Waals surface area (Å²) in [6.07, 6.45) is 2.30. The van der Waals surface area contributed by atoms with Gasteiger partial charge in [0.05, 0.1) is 4.90 Å². The molecule has 15 heavy (non-hydrogen) atoms. The zero-order valence-corrected chi connectivity index (χ0v) is 9.24. The fourth-order valence-electron chi connectivity index (χ4n) is 1.15. The summed E-state index contributed by atoms with van der Waals surface area (Å²) in [4.78, 5) is 0.153. The smallest absolute Gasteiger partial charge is 0.202 e. The first-order valence-electron chi connectivity index (χ1n) is 4.60. The van der Waals surface area contributed by atoms with Crippen molar-refractivity contribution in [2.24, 2.45) is 0 Å². The van der Waals surface area contributed by atoms with E-state index in [0.717, 1.165) is 4.31 Å². The molecule has 1 aromatic rings. The van der Waals surface area contributed by atoms with Crippen molar-refractivity contribution >= 4 is 10.0 Å². The number of hydrogen-bond donors (Lipinski definition) is 0. The summed E-state index contributed by atoms with van der Waals surface area (Å²) in [5.74, 6) is 0. The van der Waals surface area contributed by atoms with Gasteiger partial charge in [-0.2, -0.15) is 5.26 Å². The minimum absolute atomic E-state index is 0.153. The van der Waals surface area contributed by atoms with Crippen LogP contribution in [0.4, 0.5) is 0 Å². The molecule has 0 bridgehead atoms. The molecule has 1 rings (SSSR count). The molecule has 0 aliphatic carbocycles. The van der Waals surface area contributed by atoms with E-state index in [4.69, 9.17) is 5.26 Å². The number of benzene rings is 1. The van der Waals surface area contributed by atoms with E-state index >= 15 is 0 Å². The summed E-state index contributed by atoms with van der Waals surface area (Å²) in [5, 5.41) is 8.75. The standard InChI is InChI=1S/C10H12N2O2S/c1-2-8-12(9-11)15(13,14)10-6-4-3-5-7-10/h3-7H,2,8H2,1H3. The summed E-state index contributed by atoms with van der Waals surface area (Å²) in [6, 6.07) is 7.96. The van der Waals surface area contributed by atoms with Crippen LogP contribution in [0.15, 0.2) is 35.2 Å². The van der Waals surface area contributed by atoms with E-state index in [-0.39, 0.29) is 11.4 Å². The van der Waals surface area contributed by atoms with Gasteiger partial charge in [-0.05, 0) is 18.6 Å². The quantitative estimate of drug-likeness (QED) is 0.576. The van der Waals surface area contributed by atoms with Gasteiger partial charge in [0.2, 0.25) is 0 Å². The topological polar surface area (TPSA) is 61.2 Å². The van der Waals surface area contributed by atoms with Crippen LogP contribution in [0.2, 0.25) is 0 Å². The molecule has 0 amide bonds. The van der Waals surface area contributed by atoms with E-state index in [1.807, 2.05) is 6.92 Å². The molecule has 0 aliphatic rings. The Balaban J connectivity index is 3.08. The minimum atomic E-state index is -3.64. The second-order valence-corrected chi connectivity index (χ2v) is 4.85. The average molecular weight is 224 g/mol. The molecule has 0 aromatic heterocycles. The van der Waals surface area contributed by atoms with Gasteiger partial charge in [-0.25, -0.2) is 12.7 Å². The monoisotopic (exact) mass is 224 g/mol. The Hall–Kier alpha value is -1.54. The summed E-state index contributed by atoms with van der Waals surface area (Å²) in [7, 11) is -3.64. The molecule has 0 aliphatic heterocycles. The molecule has 0 fully saturated rings. The van der Waals surface area contributed by atoms with Gasteiger partial charge < -0.3 is 0 Å². The average Bonchev–Trinajstić information content (AvgIpc) is 2.27. The molecule has 0 N–H and O–H groups in total. The van der Waals surface area contributed by atoms with E-state index in [1.165, 1.54) is 12.1 Å². The van der Waals surface area contributed by atoms with Crippen molar-refractivity contribution in [2.45, 2.75) is 18.2 Å². The predicted molar refractivity (Wildman–Crippen MR) is 56.2 cm³/mol. The Morgan fingerprint density at radius 1 is 1.33 bits per heavy atom. The highest BCUT2D eigenvalue weighted by Crippen LogP contribution is 2.14. The molecule has 0 saturated heterocycles. The predicted octanol–water partition coefficient (Wildman–Crippen LogP) is 1.57. The van der Waals surface area contributed by atoms with Gasteiger partial charge in [0.25, 0.3) is 10.0 Å². The Labute approximate surface area is 89.8 Å². The minimum Gasteiger partial charge on any atom is -0.202 e. The van der Waals surface area contributed by atoms with E-state index in [0.29, 0.717) is 6.42 Å². The normalized spacial score (nSPS) is 10.7. The van der Waals surface area contributed by atoms with Crippen LogP contribution < -0.4 is 0 Å². The van der Waals surface area contributed by atoms with Crippen molar-refractivity contribution in [1.29, 1.82) is 5.26 Å². The number of sulfonamides is 1. The maximum absolute atomic E-state index is 11.9. The van der Waals surface area contributed by atoms with Crippen molar-refractivity contribution in [3.63, 3.8) is 0 Å². The number of hydrogen-bond acceptors (Lipinski definition) is 3. The number of rotatable bonds is 4. The Kier molecular flexibility index (Phi) is 3.69. The second kappa shape index (κ2) is 4.80. The fourth-order valence-corrected chi connectivity index (χ4v) is 2.43. The van der Waals surface area contributed by atoms with Crippen LogP contribution in [0.1, 0.15) is 13.3 Å². The first-order valence-corrected chi connectivity index (χ1v) is 6.04. The van der Waals surface area contributed by atoms with Crippen LogP contribution in [0.25, 0.3) is 0 Å². The number of nitrogens with zero attached hydrogens (tertiary/aromatic N) is 2. The van der Waals surface area contributed by atoms with Crippen LogP contribution in [0.5, 0.6) is 0 Å². The molecule has 80 valence electrons. The van der Waals surface area contributed by atoms with E-state index < -0.39 is 10.0 Å². The maximum Gasteiger partial charge on any atom is 0.272 e. The molecular weight excluding hydrogens is 212 g/mol. The van der Waals surface area contributed by atoms with E-state index in [1.54, 1.807) is 24.4 Å². The summed E-state index contributed by atoms with van der Waals surface area (Å²) in [5.41, 5.74) is 0. The van der Waals surface area contributed by atoms with Crippen LogP contribution in [-0.4, -0.2) is 19.3 Å². The van der Waals surface area contributed by atoms with Crippen LogP contribution in [0, 0.1) is 11.5 Å². The van der Waals surface area contributed by atoms with Gasteiger partial charge in [-0.15, -0.1) is 0 Å². The molecule has 0 unspecified atom stereocenters. The molecule has 0 saturated carbocycles. The maximum atomic E-state index is 11.9. The van der Waals surface area contributed by atoms with Gasteiger partial charge in [-0.1, -0.05) is 25.1 Å². The Bertz CT molecular complexity index is 448. The van der Waals surface area contributed by atoms with Crippen LogP contribution in [-0.2, 0) is 10.0 Å². The summed E-state index contributed by atoms with van der Waals surface area (Å²) < 4.78 is 24.5. The third-order valence-corrected chi connectivity index (χ3v) is 3.58. The highest BCUT2D eigenvalue weighted by Gasteiger charge is 2.21. The van der Waals surface area contributed by atoms with Crippen molar-refractivity contribution in [3.05, 3.63) is 30.3 Å². The third kappa shape index (κ3) is 2.48. The van der Waals surface area contributed by atoms with Crippen LogP contribution in [0.3, 0.4) is 0 Å². The van der Waals surface area contributed by atoms with Crippen molar-refractivity contribution in [3.8, 4) is 6.19 Å². The summed E-state index contributed by atoms with van der Waals surface area (Å²) >= 11 is 0. The lowest BCUT2D eigenvalue weighted by Gasteiger charge is -2.14. The lowest BCUT2D eigenvalue weighted by molar-refractivity contribution is 0.505. The Morgan fingerprint density at radius 3 is 2.40 bits per heavy atom. The van der Waals surface area contributed by atoms with E-state index in [2.05, 4.69) is 0 Å². The zero-order valence-electron chi connectivity index (χ0n) is 8.42. The highest BCUT2D eigenvalue weighted by atomic mass is 32.2. The van der Waals surface area contributed by atoms with Gasteiger partial charge >= 0.3 is 0 Å². The first-order chi connectivity index (χ1) is 7.12. The van der Waals surface area contributed by atoms with Crippen molar-refractivity contribution in [2.75, 3.05) is 6.54 Å². The molecule has 0 spiro atoms. The second-order valence-electron chi connectivity index (χ2n) is 2.99. The SMILES string of the molecule is CCCN(C#N)S(=O)(=O)c1ccccc1. The lowest BCUT2D eigenvalue weighted by atomic mass is 10.4. The van der Waals surface area contributed by atoms with Gasteiger partial charge in [0.1, 0.15) is 0 Å². The van der Waals surface area contributed by atoms with Crippen LogP contribution >= 0.6 is 0 Å². The zero-order chi connectivity index (χ0) is 11.3. The highest BCUT2D eigenvalue weighted by molar-refractivity contribution is 7.89. The summed E-state index contributed by atoms with van der Waals surface area (Å²) in [6.45, 7) is 2.04. The molecule has 0 atom stereocenters.